The number of hydrogen-bond acceptors (Lipinski definition) is 5. The molecule has 0 aromatic rings. The predicted octanol–water partition coefficient (Wildman–Crippen LogP) is 1.23. The van der Waals surface area contributed by atoms with Crippen LogP contribution in [0.3, 0.4) is 0 Å². The van der Waals surface area contributed by atoms with Crippen molar-refractivity contribution in [2.45, 2.75) is 0 Å². The zero-order valence-electron chi connectivity index (χ0n) is 6.32. The molecule has 2 rings (SSSR count). The van der Waals surface area contributed by atoms with E-state index in [2.05, 4.69) is 0 Å². The van der Waals surface area contributed by atoms with Gasteiger partial charge < -0.3 is 9.05 Å². The van der Waals surface area contributed by atoms with E-state index in [9.17, 15) is 4.57 Å². The summed E-state index contributed by atoms with van der Waals surface area (Å²) < 4.78 is 30.8. The van der Waals surface area contributed by atoms with Gasteiger partial charge in [0.1, 0.15) is 13.2 Å². The molecule has 12 heavy (non-hydrogen) atoms. The summed E-state index contributed by atoms with van der Waals surface area (Å²) in [7, 11) is -1.79. The first kappa shape index (κ1) is 8.95. The van der Waals surface area contributed by atoms with Crippen molar-refractivity contribution in [2.75, 3.05) is 26.4 Å². The van der Waals surface area contributed by atoms with Crippen molar-refractivity contribution < 1.29 is 22.7 Å². The summed E-state index contributed by atoms with van der Waals surface area (Å²) in [5, 5.41) is 0. The van der Waals surface area contributed by atoms with Crippen LogP contribution in [0.2, 0.25) is 0 Å². The minimum absolute atomic E-state index is 0.110. The third kappa shape index (κ3) is 1.82. The van der Waals surface area contributed by atoms with E-state index in [1.54, 1.807) is 0 Å². The maximum Gasteiger partial charge on any atom is 0.697 e. The molecule has 2 aliphatic rings. The monoisotopic (exact) mass is 211 g/mol. The molecule has 0 unspecified atom stereocenters. The second-order valence-electron chi connectivity index (χ2n) is 2.93. The third-order valence-corrected chi connectivity index (χ3v) is 3.03. The Labute approximate surface area is 72.6 Å². The van der Waals surface area contributed by atoms with Crippen molar-refractivity contribution in [1.29, 1.82) is 0 Å². The Morgan fingerprint density at radius 3 is 2.25 bits per heavy atom. The molecule has 0 aromatic heterocycles. The topological polar surface area (TPSA) is 54.0 Å². The molecule has 0 bridgehead atoms. The van der Waals surface area contributed by atoms with Crippen LogP contribution in [0.1, 0.15) is 0 Å². The highest BCUT2D eigenvalue weighted by Crippen LogP contribution is 2.41. The van der Waals surface area contributed by atoms with Gasteiger partial charge in [-0.2, -0.15) is 0 Å². The zero-order valence-corrected chi connectivity index (χ0v) is 8.21. The minimum Gasteiger partial charge on any atom is -0.335 e. The summed E-state index contributed by atoms with van der Waals surface area (Å²) in [6.07, 6.45) is 0. The van der Waals surface area contributed by atoms with E-state index in [-0.39, 0.29) is 14.4 Å². The van der Waals surface area contributed by atoms with Gasteiger partial charge in [-0.05, 0) is 0 Å². The molecule has 7 heteroatoms. The van der Waals surface area contributed by atoms with Crippen molar-refractivity contribution in [2.24, 2.45) is 5.41 Å². The smallest absolute Gasteiger partial charge is 0.335 e. The van der Waals surface area contributed by atoms with Crippen molar-refractivity contribution in [3.8, 4) is 0 Å². The lowest BCUT2D eigenvalue weighted by molar-refractivity contribution is -0.0517. The fourth-order valence-corrected chi connectivity index (χ4v) is 2.72. The normalized spacial score (nSPS) is 42.2. The molecule has 2 fully saturated rings. The molecule has 0 aromatic carbocycles. The van der Waals surface area contributed by atoms with Gasteiger partial charge in [-0.3, -0.25) is 0 Å². The zero-order chi connectivity index (χ0) is 8.44. The van der Waals surface area contributed by atoms with Crippen LogP contribution in [-0.4, -0.2) is 26.4 Å². The van der Waals surface area contributed by atoms with Crippen molar-refractivity contribution in [1.82, 2.24) is 0 Å². The first-order valence-corrected chi connectivity index (χ1v) is 5.44. The van der Waals surface area contributed by atoms with E-state index >= 15 is 0 Å². The maximum atomic E-state index is 10.7. The summed E-state index contributed by atoms with van der Waals surface area (Å²) in [6.45, 7) is 1.92. The Balaban J connectivity index is 1.96. The van der Waals surface area contributed by atoms with E-state index in [1.807, 2.05) is 0 Å². The molecule has 2 aliphatic heterocycles. The van der Waals surface area contributed by atoms with Gasteiger partial charge in [0.25, 0.3) is 0 Å². The molecule has 68 valence electrons. The van der Waals surface area contributed by atoms with E-state index in [0.717, 1.165) is 0 Å². The lowest BCUT2D eigenvalue weighted by Crippen LogP contribution is -2.43. The average Bonchev–Trinajstić information content (AvgIpc) is 2.13. The van der Waals surface area contributed by atoms with Crippen LogP contribution in [-0.2, 0) is 22.7 Å². The van der Waals surface area contributed by atoms with E-state index < -0.39 is 8.25 Å². The molecule has 5 nitrogen and oxygen atoms in total. The van der Waals surface area contributed by atoms with Crippen molar-refractivity contribution in [3.63, 3.8) is 0 Å². The molecule has 0 amide bonds. The Morgan fingerprint density at radius 1 is 1.08 bits per heavy atom. The highest BCUT2D eigenvalue weighted by molar-refractivity contribution is 7.33. The van der Waals surface area contributed by atoms with Gasteiger partial charge >= 0.3 is 8.25 Å². The van der Waals surface area contributed by atoms with E-state index in [1.165, 1.54) is 0 Å². The molecule has 0 atom stereocenters. The van der Waals surface area contributed by atoms with Crippen LogP contribution < -0.4 is 0 Å². The SMILES string of the molecule is O=[P+]1OCC2(COPOC2)CO1. The Hall–Kier alpha value is 0.370. The van der Waals surface area contributed by atoms with Gasteiger partial charge in [-0.1, -0.05) is 0 Å². The summed E-state index contributed by atoms with van der Waals surface area (Å²) >= 11 is 0. The summed E-state index contributed by atoms with van der Waals surface area (Å²) in [5.74, 6) is 0. The molecule has 0 aliphatic carbocycles. The van der Waals surface area contributed by atoms with Gasteiger partial charge in [-0.25, -0.2) is 0 Å². The van der Waals surface area contributed by atoms with Crippen LogP contribution in [0.25, 0.3) is 0 Å². The molecule has 2 heterocycles. The molecular weight excluding hydrogens is 202 g/mol. The fraction of sp³-hybridized carbons (Fsp3) is 1.00. The summed E-state index contributed by atoms with van der Waals surface area (Å²) in [4.78, 5) is 0. The van der Waals surface area contributed by atoms with E-state index in [0.29, 0.717) is 26.4 Å². The standard InChI is InChI=1S/C5H9O5P2/c6-12-9-3-5(4-10-12)1-7-11-8-2-5/h11H,1-4H2/q+1. The van der Waals surface area contributed by atoms with Crippen LogP contribution >= 0.6 is 17.3 Å². The Bertz CT molecular complexity index is 178. The highest BCUT2D eigenvalue weighted by atomic mass is 31.1. The minimum atomic E-state index is -1.90. The fourth-order valence-electron chi connectivity index (χ4n) is 1.07. The van der Waals surface area contributed by atoms with Gasteiger partial charge in [0, 0.05) is 4.57 Å². The molecule has 0 N–H and O–H groups in total. The second-order valence-corrected chi connectivity index (χ2v) is 4.64. The first-order chi connectivity index (χ1) is 5.81. The Morgan fingerprint density at radius 2 is 1.67 bits per heavy atom. The average molecular weight is 211 g/mol. The lowest BCUT2D eigenvalue weighted by atomic mass is 9.93. The van der Waals surface area contributed by atoms with Crippen molar-refractivity contribution in [3.05, 3.63) is 0 Å². The van der Waals surface area contributed by atoms with Crippen LogP contribution in [0.5, 0.6) is 0 Å². The van der Waals surface area contributed by atoms with E-state index in [4.69, 9.17) is 18.1 Å². The predicted molar refractivity (Wildman–Crippen MR) is 42.2 cm³/mol. The van der Waals surface area contributed by atoms with Crippen LogP contribution in [0, 0.1) is 5.41 Å². The van der Waals surface area contributed by atoms with Gasteiger partial charge in [-0.15, -0.1) is 9.05 Å². The Kier molecular flexibility index (Phi) is 2.70. The first-order valence-electron chi connectivity index (χ1n) is 3.52. The molecular formula is C5H9O5P2+. The second kappa shape index (κ2) is 3.62. The van der Waals surface area contributed by atoms with Gasteiger partial charge in [0.05, 0.1) is 18.6 Å². The molecule has 2 saturated heterocycles. The van der Waals surface area contributed by atoms with Gasteiger partial charge in [0.15, 0.2) is 9.03 Å². The quantitative estimate of drug-likeness (QED) is 0.564. The summed E-state index contributed by atoms with van der Waals surface area (Å²) in [5.41, 5.74) is -0.228. The molecule has 0 radical (unpaired) electrons. The number of hydrogen-bond donors (Lipinski definition) is 0. The molecule has 0 saturated carbocycles. The maximum absolute atomic E-state index is 10.7. The molecule has 1 spiro atoms. The third-order valence-electron chi connectivity index (χ3n) is 1.83. The lowest BCUT2D eigenvalue weighted by Gasteiger charge is -2.33. The number of rotatable bonds is 0. The largest absolute Gasteiger partial charge is 0.697 e. The van der Waals surface area contributed by atoms with Crippen LogP contribution in [0.4, 0.5) is 0 Å². The van der Waals surface area contributed by atoms with Crippen LogP contribution in [0.15, 0.2) is 0 Å². The summed E-state index contributed by atoms with van der Waals surface area (Å²) in [6, 6.07) is 0. The highest BCUT2D eigenvalue weighted by Gasteiger charge is 2.45. The van der Waals surface area contributed by atoms with Gasteiger partial charge in [0.2, 0.25) is 0 Å². The van der Waals surface area contributed by atoms with Crippen molar-refractivity contribution >= 4 is 17.3 Å².